The average Bonchev–Trinajstić information content (AvgIpc) is 2.95. The predicted octanol–water partition coefficient (Wildman–Crippen LogP) is 3.25. The Bertz CT molecular complexity index is 365. The molecule has 2 unspecified atom stereocenters. The summed E-state index contributed by atoms with van der Waals surface area (Å²) in [5, 5.41) is 6.89. The molecule has 2 aliphatic rings. The van der Waals surface area contributed by atoms with E-state index in [1.165, 1.54) is 26.1 Å². The second-order valence-electron chi connectivity index (χ2n) is 7.10. The van der Waals surface area contributed by atoms with Crippen LogP contribution in [0.5, 0.6) is 0 Å². The van der Waals surface area contributed by atoms with Gasteiger partial charge < -0.3 is 15.5 Å². The number of hydrogen-bond acceptors (Lipinski definition) is 2. The van der Waals surface area contributed by atoms with Crippen LogP contribution in [0.3, 0.4) is 0 Å². The molecule has 0 spiro atoms. The van der Waals surface area contributed by atoms with Gasteiger partial charge in [-0.2, -0.15) is 0 Å². The molecule has 5 heteroatoms. The average molecular weight is 434 g/mol. The van der Waals surface area contributed by atoms with Gasteiger partial charge in [0.05, 0.1) is 0 Å². The van der Waals surface area contributed by atoms with Crippen molar-refractivity contribution in [1.29, 1.82) is 0 Å². The zero-order chi connectivity index (χ0) is 15.8. The van der Waals surface area contributed by atoms with Gasteiger partial charge in [-0.05, 0) is 51.0 Å². The van der Waals surface area contributed by atoms with E-state index in [1.807, 2.05) is 0 Å². The first-order valence-corrected chi connectivity index (χ1v) is 9.09. The molecule has 0 amide bonds. The monoisotopic (exact) mass is 434 g/mol. The summed E-state index contributed by atoms with van der Waals surface area (Å²) in [5.74, 6) is 2.68. The van der Waals surface area contributed by atoms with Gasteiger partial charge in [-0.15, -0.1) is 24.0 Å². The van der Waals surface area contributed by atoms with Crippen molar-refractivity contribution in [3.8, 4) is 0 Å². The molecule has 0 aromatic heterocycles. The molecule has 0 bridgehead atoms. The van der Waals surface area contributed by atoms with Crippen molar-refractivity contribution in [2.45, 2.75) is 52.5 Å². The Kier molecular flexibility index (Phi) is 10.2. The molecule has 0 saturated carbocycles. The van der Waals surface area contributed by atoms with Gasteiger partial charge >= 0.3 is 0 Å². The van der Waals surface area contributed by atoms with E-state index in [2.05, 4.69) is 48.5 Å². The van der Waals surface area contributed by atoms with Gasteiger partial charge in [0, 0.05) is 32.2 Å². The van der Waals surface area contributed by atoms with Crippen LogP contribution in [-0.4, -0.2) is 49.6 Å². The topological polar surface area (TPSA) is 39.7 Å². The summed E-state index contributed by atoms with van der Waals surface area (Å²) in [5.41, 5.74) is 0. The van der Waals surface area contributed by atoms with Gasteiger partial charge in [0.1, 0.15) is 0 Å². The summed E-state index contributed by atoms with van der Waals surface area (Å²) >= 11 is 0. The quantitative estimate of drug-likeness (QED) is 0.222. The van der Waals surface area contributed by atoms with Gasteiger partial charge in [0.25, 0.3) is 0 Å². The lowest BCUT2D eigenvalue weighted by Gasteiger charge is -2.34. The van der Waals surface area contributed by atoms with E-state index in [4.69, 9.17) is 4.99 Å². The molecule has 0 aromatic rings. The summed E-state index contributed by atoms with van der Waals surface area (Å²) in [6.07, 6.45) is 9.28. The molecule has 1 aliphatic heterocycles. The zero-order valence-corrected chi connectivity index (χ0v) is 17.4. The molecule has 2 rings (SSSR count). The van der Waals surface area contributed by atoms with E-state index in [-0.39, 0.29) is 24.0 Å². The van der Waals surface area contributed by atoms with Gasteiger partial charge in [-0.25, -0.2) is 0 Å². The van der Waals surface area contributed by atoms with Crippen LogP contribution in [0.4, 0.5) is 0 Å². The first kappa shape index (κ1) is 20.7. The van der Waals surface area contributed by atoms with Gasteiger partial charge in [-0.3, -0.25) is 4.99 Å². The molecule has 2 N–H and O–H groups in total. The van der Waals surface area contributed by atoms with E-state index in [0.29, 0.717) is 6.04 Å². The highest BCUT2D eigenvalue weighted by Gasteiger charge is 2.21. The standard InChI is InChI=1S/C18H34N4.HI/c1-4-19-18(21-17-8-5-6-9-17)20-10-7-11-22-13-15(2)12-16(3)14-22;/h5-6,15-17H,4,7-14H2,1-3H3,(H2,19,20,21);1H. The number of halogens is 1. The fourth-order valence-electron chi connectivity index (χ4n) is 3.71. The van der Waals surface area contributed by atoms with Crippen molar-refractivity contribution in [1.82, 2.24) is 15.5 Å². The highest BCUT2D eigenvalue weighted by molar-refractivity contribution is 14.0. The number of piperidine rings is 1. The molecular weight excluding hydrogens is 399 g/mol. The van der Waals surface area contributed by atoms with Crippen molar-refractivity contribution in [3.63, 3.8) is 0 Å². The van der Waals surface area contributed by atoms with Gasteiger partial charge in [-0.1, -0.05) is 26.0 Å². The van der Waals surface area contributed by atoms with Crippen LogP contribution in [-0.2, 0) is 0 Å². The minimum Gasteiger partial charge on any atom is -0.357 e. The number of aliphatic imine (C=N–C) groups is 1. The Labute approximate surface area is 159 Å². The summed E-state index contributed by atoms with van der Waals surface area (Å²) < 4.78 is 0. The highest BCUT2D eigenvalue weighted by Crippen LogP contribution is 2.20. The van der Waals surface area contributed by atoms with Crippen molar-refractivity contribution in [2.24, 2.45) is 16.8 Å². The van der Waals surface area contributed by atoms with Gasteiger partial charge in [0.2, 0.25) is 0 Å². The zero-order valence-electron chi connectivity index (χ0n) is 15.1. The van der Waals surface area contributed by atoms with Crippen LogP contribution in [0.1, 0.15) is 46.5 Å². The second-order valence-corrected chi connectivity index (χ2v) is 7.10. The Morgan fingerprint density at radius 3 is 2.43 bits per heavy atom. The Hall–Kier alpha value is -0.300. The molecule has 1 saturated heterocycles. The fourth-order valence-corrected chi connectivity index (χ4v) is 3.71. The molecule has 1 fully saturated rings. The maximum atomic E-state index is 4.74. The summed E-state index contributed by atoms with van der Waals surface area (Å²) in [6.45, 7) is 12.4. The molecule has 1 aliphatic carbocycles. The number of likely N-dealkylation sites (tertiary alicyclic amines) is 1. The number of hydrogen-bond donors (Lipinski definition) is 2. The third-order valence-corrected chi connectivity index (χ3v) is 4.54. The fraction of sp³-hybridized carbons (Fsp3) is 0.833. The van der Waals surface area contributed by atoms with Crippen LogP contribution < -0.4 is 10.6 Å². The lowest BCUT2D eigenvalue weighted by molar-refractivity contribution is 0.140. The second kappa shape index (κ2) is 11.3. The van der Waals surface area contributed by atoms with Crippen LogP contribution >= 0.6 is 24.0 Å². The SMILES string of the molecule is CCNC(=NCCCN1CC(C)CC(C)C1)NC1CC=CC1.I. The Morgan fingerprint density at radius 1 is 1.17 bits per heavy atom. The Morgan fingerprint density at radius 2 is 1.83 bits per heavy atom. The third-order valence-electron chi connectivity index (χ3n) is 4.54. The minimum atomic E-state index is 0. The van der Waals surface area contributed by atoms with E-state index < -0.39 is 0 Å². The lowest BCUT2D eigenvalue weighted by Crippen LogP contribution is -2.42. The number of nitrogens with one attached hydrogen (secondary N) is 2. The first-order chi connectivity index (χ1) is 10.7. The summed E-state index contributed by atoms with van der Waals surface area (Å²) in [6, 6.07) is 0.529. The van der Waals surface area contributed by atoms with Crippen LogP contribution in [0.2, 0.25) is 0 Å². The van der Waals surface area contributed by atoms with Crippen molar-refractivity contribution in [2.75, 3.05) is 32.7 Å². The minimum absolute atomic E-state index is 0. The van der Waals surface area contributed by atoms with Crippen molar-refractivity contribution >= 4 is 29.9 Å². The highest BCUT2D eigenvalue weighted by atomic mass is 127. The predicted molar refractivity (Wildman–Crippen MR) is 111 cm³/mol. The molecule has 0 aromatic carbocycles. The van der Waals surface area contributed by atoms with Crippen LogP contribution in [0, 0.1) is 11.8 Å². The third kappa shape index (κ3) is 7.88. The maximum absolute atomic E-state index is 4.74. The first-order valence-electron chi connectivity index (χ1n) is 9.09. The molecule has 2 atom stereocenters. The van der Waals surface area contributed by atoms with Crippen LogP contribution in [0.15, 0.2) is 17.1 Å². The number of guanidine groups is 1. The van der Waals surface area contributed by atoms with E-state index in [0.717, 1.165) is 50.1 Å². The molecule has 0 radical (unpaired) electrons. The summed E-state index contributed by atoms with van der Waals surface area (Å²) in [4.78, 5) is 7.36. The van der Waals surface area contributed by atoms with E-state index >= 15 is 0 Å². The smallest absolute Gasteiger partial charge is 0.191 e. The van der Waals surface area contributed by atoms with Gasteiger partial charge in [0.15, 0.2) is 5.96 Å². The molecular formula is C18H35IN4. The Balaban J connectivity index is 0.00000264. The molecule has 134 valence electrons. The van der Waals surface area contributed by atoms with Crippen LogP contribution in [0.25, 0.3) is 0 Å². The van der Waals surface area contributed by atoms with E-state index in [9.17, 15) is 0 Å². The number of rotatable bonds is 6. The maximum Gasteiger partial charge on any atom is 0.191 e. The normalized spacial score (nSPS) is 26.1. The molecule has 4 nitrogen and oxygen atoms in total. The largest absolute Gasteiger partial charge is 0.357 e. The summed E-state index contributed by atoms with van der Waals surface area (Å²) in [7, 11) is 0. The van der Waals surface area contributed by atoms with Crippen molar-refractivity contribution < 1.29 is 0 Å². The lowest BCUT2D eigenvalue weighted by atomic mass is 9.92. The molecule has 1 heterocycles. The van der Waals surface area contributed by atoms with Crippen molar-refractivity contribution in [3.05, 3.63) is 12.2 Å². The molecule has 23 heavy (non-hydrogen) atoms. The van der Waals surface area contributed by atoms with E-state index in [1.54, 1.807) is 0 Å². The number of nitrogens with zero attached hydrogens (tertiary/aromatic N) is 2.